The number of rotatable bonds is 5. The first-order chi connectivity index (χ1) is 4.62. The molecular formula is C4H11ClN2O2S. The molecule has 0 unspecified atom stereocenters. The molecule has 0 saturated carbocycles. The number of halogens is 1. The molecule has 0 spiro atoms. The Kier molecular flexibility index (Phi) is 4.98. The molecular weight excluding hydrogens is 176 g/mol. The summed E-state index contributed by atoms with van der Waals surface area (Å²) in [4.78, 5) is 0. The molecule has 3 N–H and O–H groups in total. The fourth-order valence-electron chi connectivity index (χ4n) is 0.388. The van der Waals surface area contributed by atoms with Crippen LogP contribution >= 0.6 is 11.6 Å². The van der Waals surface area contributed by atoms with Gasteiger partial charge in [0.05, 0.1) is 5.75 Å². The molecule has 0 heterocycles. The van der Waals surface area contributed by atoms with Gasteiger partial charge in [-0.1, -0.05) is 0 Å². The zero-order chi connectivity index (χ0) is 8.04. The highest BCUT2D eigenvalue weighted by atomic mass is 35.5. The molecule has 0 rings (SSSR count). The monoisotopic (exact) mass is 186 g/mol. The second kappa shape index (κ2) is 4.90. The van der Waals surface area contributed by atoms with Crippen LogP contribution in [0.4, 0.5) is 0 Å². The summed E-state index contributed by atoms with van der Waals surface area (Å²) in [5, 5.41) is 0. The van der Waals surface area contributed by atoms with Crippen molar-refractivity contribution in [2.45, 2.75) is 0 Å². The van der Waals surface area contributed by atoms with Crippen LogP contribution in [0.3, 0.4) is 0 Å². The van der Waals surface area contributed by atoms with Gasteiger partial charge in [-0.2, -0.15) is 0 Å². The topological polar surface area (TPSA) is 72.2 Å². The van der Waals surface area contributed by atoms with Crippen LogP contribution in [0.1, 0.15) is 0 Å². The largest absolute Gasteiger partial charge is 0.329 e. The second-order valence-corrected chi connectivity index (χ2v) is 4.00. The van der Waals surface area contributed by atoms with Gasteiger partial charge in [0.25, 0.3) is 0 Å². The van der Waals surface area contributed by atoms with E-state index in [1.54, 1.807) is 0 Å². The number of hydrogen-bond donors (Lipinski definition) is 2. The molecule has 4 nitrogen and oxygen atoms in total. The minimum atomic E-state index is -3.16. The molecule has 0 aromatic rings. The number of nitrogens with two attached hydrogens (primary N) is 1. The summed E-state index contributed by atoms with van der Waals surface area (Å²) >= 11 is 5.21. The first kappa shape index (κ1) is 10.2. The van der Waals surface area contributed by atoms with Crippen molar-refractivity contribution < 1.29 is 8.42 Å². The summed E-state index contributed by atoms with van der Waals surface area (Å²) in [6, 6.07) is 0. The van der Waals surface area contributed by atoms with Crippen molar-refractivity contribution in [1.82, 2.24) is 4.72 Å². The number of nitrogens with one attached hydrogen (secondary N) is 1. The smallest absolute Gasteiger partial charge is 0.212 e. The molecule has 0 aliphatic carbocycles. The van der Waals surface area contributed by atoms with Gasteiger partial charge in [-0.05, 0) is 0 Å². The van der Waals surface area contributed by atoms with E-state index in [2.05, 4.69) is 4.72 Å². The van der Waals surface area contributed by atoms with Crippen molar-refractivity contribution in [3.8, 4) is 0 Å². The fourth-order valence-corrected chi connectivity index (χ4v) is 1.77. The molecule has 0 bridgehead atoms. The molecule has 0 aromatic heterocycles. The molecule has 0 amide bonds. The molecule has 62 valence electrons. The molecule has 0 radical (unpaired) electrons. The summed E-state index contributed by atoms with van der Waals surface area (Å²) in [6.07, 6.45) is 0. The summed E-state index contributed by atoms with van der Waals surface area (Å²) in [5.41, 5.74) is 5.07. The highest BCUT2D eigenvalue weighted by Crippen LogP contribution is 1.84. The zero-order valence-electron chi connectivity index (χ0n) is 5.51. The number of hydrogen-bond acceptors (Lipinski definition) is 3. The third kappa shape index (κ3) is 4.99. The highest BCUT2D eigenvalue weighted by Gasteiger charge is 2.05. The first-order valence-corrected chi connectivity index (χ1v) is 5.04. The van der Waals surface area contributed by atoms with E-state index < -0.39 is 10.0 Å². The van der Waals surface area contributed by atoms with Crippen molar-refractivity contribution in [3.05, 3.63) is 0 Å². The van der Waals surface area contributed by atoms with Crippen molar-refractivity contribution in [2.75, 3.05) is 24.7 Å². The minimum Gasteiger partial charge on any atom is -0.329 e. The van der Waals surface area contributed by atoms with Crippen LogP contribution in [0.5, 0.6) is 0 Å². The molecule has 10 heavy (non-hydrogen) atoms. The summed E-state index contributed by atoms with van der Waals surface area (Å²) in [5.74, 6) is 0.0639. The summed E-state index contributed by atoms with van der Waals surface area (Å²) < 4.78 is 23.7. The average Bonchev–Trinajstić information content (AvgIpc) is 1.84. The lowest BCUT2D eigenvalue weighted by Gasteiger charge is -2.01. The minimum absolute atomic E-state index is 0.0471. The SMILES string of the molecule is NCCNS(=O)(=O)CCCl. The summed E-state index contributed by atoms with van der Waals surface area (Å²) in [7, 11) is -3.16. The van der Waals surface area contributed by atoms with Crippen molar-refractivity contribution >= 4 is 21.6 Å². The molecule has 0 saturated heterocycles. The Balaban J connectivity index is 3.65. The second-order valence-electron chi connectivity index (χ2n) is 1.69. The van der Waals surface area contributed by atoms with Gasteiger partial charge in [0, 0.05) is 19.0 Å². The summed E-state index contributed by atoms with van der Waals surface area (Å²) in [6.45, 7) is 0.584. The van der Waals surface area contributed by atoms with Crippen LogP contribution in [0.15, 0.2) is 0 Å². The van der Waals surface area contributed by atoms with Gasteiger partial charge in [0.15, 0.2) is 0 Å². The average molecular weight is 187 g/mol. The van der Waals surface area contributed by atoms with E-state index in [1.807, 2.05) is 0 Å². The Hall–Kier alpha value is 0.160. The molecule has 0 atom stereocenters. The van der Waals surface area contributed by atoms with E-state index in [1.165, 1.54) is 0 Å². The van der Waals surface area contributed by atoms with E-state index in [0.29, 0.717) is 6.54 Å². The van der Waals surface area contributed by atoms with Gasteiger partial charge in [0.1, 0.15) is 0 Å². The first-order valence-electron chi connectivity index (χ1n) is 2.86. The Morgan fingerprint density at radius 1 is 1.50 bits per heavy atom. The predicted molar refractivity (Wildman–Crippen MR) is 41.6 cm³/mol. The van der Waals surface area contributed by atoms with Crippen LogP contribution in [-0.4, -0.2) is 33.1 Å². The predicted octanol–water partition coefficient (Wildman–Crippen LogP) is -0.897. The maximum absolute atomic E-state index is 10.7. The van der Waals surface area contributed by atoms with Crippen molar-refractivity contribution in [2.24, 2.45) is 5.73 Å². The lowest BCUT2D eigenvalue weighted by atomic mass is 10.7. The standard InChI is InChI=1S/C4H11ClN2O2S/c5-1-4-10(8,9)7-3-2-6/h7H,1-4,6H2. The van der Waals surface area contributed by atoms with Crippen molar-refractivity contribution in [1.29, 1.82) is 0 Å². The van der Waals surface area contributed by atoms with E-state index in [0.717, 1.165) is 0 Å². The molecule has 0 aliphatic rings. The zero-order valence-corrected chi connectivity index (χ0v) is 7.08. The van der Waals surface area contributed by atoms with Gasteiger partial charge in [-0.3, -0.25) is 0 Å². The Morgan fingerprint density at radius 2 is 2.10 bits per heavy atom. The van der Waals surface area contributed by atoms with Crippen LogP contribution in [0, 0.1) is 0 Å². The van der Waals surface area contributed by atoms with Gasteiger partial charge in [0.2, 0.25) is 10.0 Å². The van der Waals surface area contributed by atoms with Gasteiger partial charge in [-0.25, -0.2) is 13.1 Å². The molecule has 0 aromatic carbocycles. The van der Waals surface area contributed by atoms with Gasteiger partial charge in [-0.15, -0.1) is 11.6 Å². The molecule has 0 aliphatic heterocycles. The number of sulfonamides is 1. The van der Waals surface area contributed by atoms with Gasteiger partial charge < -0.3 is 5.73 Å². The maximum Gasteiger partial charge on any atom is 0.212 e. The molecule has 0 fully saturated rings. The fraction of sp³-hybridized carbons (Fsp3) is 1.00. The normalized spacial score (nSPS) is 11.8. The van der Waals surface area contributed by atoms with Crippen molar-refractivity contribution in [3.63, 3.8) is 0 Å². The van der Waals surface area contributed by atoms with E-state index in [-0.39, 0.29) is 18.2 Å². The van der Waals surface area contributed by atoms with Gasteiger partial charge >= 0.3 is 0 Å². The quantitative estimate of drug-likeness (QED) is 0.547. The van der Waals surface area contributed by atoms with E-state index in [4.69, 9.17) is 17.3 Å². The Morgan fingerprint density at radius 3 is 2.50 bits per heavy atom. The third-order valence-corrected chi connectivity index (χ3v) is 2.61. The van der Waals surface area contributed by atoms with E-state index in [9.17, 15) is 8.42 Å². The van der Waals surface area contributed by atoms with Crippen LogP contribution in [-0.2, 0) is 10.0 Å². The van der Waals surface area contributed by atoms with Crippen LogP contribution in [0.2, 0.25) is 0 Å². The highest BCUT2D eigenvalue weighted by molar-refractivity contribution is 7.89. The van der Waals surface area contributed by atoms with Crippen LogP contribution in [0.25, 0.3) is 0 Å². The molecule has 6 heteroatoms. The lowest BCUT2D eigenvalue weighted by Crippen LogP contribution is -2.31. The van der Waals surface area contributed by atoms with E-state index >= 15 is 0 Å². The lowest BCUT2D eigenvalue weighted by molar-refractivity contribution is 0.583. The Bertz CT molecular complexity index is 168. The number of alkyl halides is 1. The Labute approximate surface area is 65.8 Å². The third-order valence-electron chi connectivity index (χ3n) is 0.812. The maximum atomic E-state index is 10.7. The van der Waals surface area contributed by atoms with Crippen LogP contribution < -0.4 is 10.5 Å².